The van der Waals surface area contributed by atoms with Gasteiger partial charge in [0.2, 0.25) is 0 Å². The molecule has 1 aliphatic heterocycles. The van der Waals surface area contributed by atoms with E-state index in [0.717, 1.165) is 0 Å². The molecule has 7 heteroatoms. The van der Waals surface area contributed by atoms with Crippen molar-refractivity contribution in [1.29, 1.82) is 0 Å². The van der Waals surface area contributed by atoms with Crippen molar-refractivity contribution < 1.29 is 18.3 Å². The molecule has 0 saturated heterocycles. The van der Waals surface area contributed by atoms with Gasteiger partial charge >= 0.3 is 5.97 Å². The van der Waals surface area contributed by atoms with Gasteiger partial charge in [-0.25, -0.2) is 8.42 Å². The lowest BCUT2D eigenvalue weighted by Gasteiger charge is -2.15. The van der Waals surface area contributed by atoms with E-state index in [0.29, 0.717) is 5.56 Å². The molecule has 1 atom stereocenters. The number of nitrogens with one attached hydrogen (secondary N) is 1. The second-order valence-corrected chi connectivity index (χ2v) is 6.64. The van der Waals surface area contributed by atoms with Gasteiger partial charge in [-0.2, -0.15) is 0 Å². The third-order valence-corrected chi connectivity index (χ3v) is 4.51. The number of fused-ring (bicyclic) bond motifs is 1. The summed E-state index contributed by atoms with van der Waals surface area (Å²) in [4.78, 5) is 15.3. The Morgan fingerprint density at radius 3 is 2.60 bits per heavy atom. The van der Waals surface area contributed by atoms with Gasteiger partial charge in [0.15, 0.2) is 0 Å². The van der Waals surface area contributed by atoms with Crippen LogP contribution in [0, 0.1) is 5.92 Å². The van der Waals surface area contributed by atoms with Crippen LogP contribution in [0.15, 0.2) is 34.2 Å². The average Bonchev–Trinajstić information content (AvgIpc) is 2.60. The highest BCUT2D eigenvalue weighted by molar-refractivity contribution is 7.90. The SMILES string of the molecule is CC(C)C(CC(=O)O)N=C1NS(=O)(=O)c2ccccc21. The zero-order valence-electron chi connectivity index (χ0n) is 11.2. The summed E-state index contributed by atoms with van der Waals surface area (Å²) in [5.74, 6) is -0.737. The second kappa shape index (κ2) is 5.24. The van der Waals surface area contributed by atoms with Crippen LogP contribution in [-0.4, -0.2) is 31.4 Å². The van der Waals surface area contributed by atoms with Crippen LogP contribution >= 0.6 is 0 Å². The molecule has 0 spiro atoms. The van der Waals surface area contributed by atoms with Crippen LogP contribution < -0.4 is 4.72 Å². The normalized spacial score (nSPS) is 19.6. The molecule has 1 aliphatic rings. The average molecular weight is 296 g/mol. The number of carboxylic acids is 1. The zero-order valence-corrected chi connectivity index (χ0v) is 12.0. The quantitative estimate of drug-likeness (QED) is 0.873. The number of rotatable bonds is 4. The number of sulfonamides is 1. The van der Waals surface area contributed by atoms with Gasteiger partial charge in [-0.1, -0.05) is 26.0 Å². The summed E-state index contributed by atoms with van der Waals surface area (Å²) in [6, 6.07) is 6.04. The van der Waals surface area contributed by atoms with E-state index in [2.05, 4.69) is 9.71 Å². The van der Waals surface area contributed by atoms with Crippen LogP contribution in [0.5, 0.6) is 0 Å². The minimum absolute atomic E-state index is 0.00383. The van der Waals surface area contributed by atoms with E-state index in [4.69, 9.17) is 5.11 Å². The lowest BCUT2D eigenvalue weighted by atomic mass is 10.0. The molecule has 108 valence electrons. The highest BCUT2D eigenvalue weighted by Crippen LogP contribution is 2.23. The molecule has 2 N–H and O–H groups in total. The number of hydrogen-bond acceptors (Lipinski definition) is 4. The Hall–Kier alpha value is -1.89. The first kappa shape index (κ1) is 14.5. The molecule has 0 fully saturated rings. The van der Waals surface area contributed by atoms with Crippen molar-refractivity contribution in [2.75, 3.05) is 0 Å². The number of benzene rings is 1. The minimum Gasteiger partial charge on any atom is -0.481 e. The Bertz CT molecular complexity index is 665. The topological polar surface area (TPSA) is 95.8 Å². The molecule has 1 unspecified atom stereocenters. The Kier molecular flexibility index (Phi) is 3.80. The van der Waals surface area contributed by atoms with Crippen molar-refractivity contribution in [2.24, 2.45) is 10.9 Å². The van der Waals surface area contributed by atoms with Crippen LogP contribution in [0.3, 0.4) is 0 Å². The van der Waals surface area contributed by atoms with Crippen LogP contribution in [0.1, 0.15) is 25.8 Å². The van der Waals surface area contributed by atoms with E-state index in [-0.39, 0.29) is 23.1 Å². The summed E-state index contributed by atoms with van der Waals surface area (Å²) in [6.45, 7) is 3.71. The maximum absolute atomic E-state index is 11.9. The first-order chi connectivity index (χ1) is 9.31. The van der Waals surface area contributed by atoms with E-state index in [1.54, 1.807) is 18.2 Å². The highest BCUT2D eigenvalue weighted by atomic mass is 32.2. The first-order valence-corrected chi connectivity index (χ1v) is 7.71. The van der Waals surface area contributed by atoms with Crippen molar-refractivity contribution in [1.82, 2.24) is 4.72 Å². The second-order valence-electron chi connectivity index (χ2n) is 4.99. The fourth-order valence-electron chi connectivity index (χ4n) is 2.00. The summed E-state index contributed by atoms with van der Waals surface area (Å²) in [7, 11) is -3.58. The van der Waals surface area contributed by atoms with E-state index in [1.165, 1.54) is 6.07 Å². The summed E-state index contributed by atoms with van der Waals surface area (Å²) in [5.41, 5.74) is 0.489. The van der Waals surface area contributed by atoms with E-state index >= 15 is 0 Å². The predicted octanol–water partition coefficient (Wildman–Crippen LogP) is 1.22. The molecule has 1 heterocycles. The Morgan fingerprint density at radius 1 is 1.35 bits per heavy atom. The van der Waals surface area contributed by atoms with E-state index in [9.17, 15) is 13.2 Å². The smallest absolute Gasteiger partial charge is 0.305 e. The molecule has 0 aliphatic carbocycles. The van der Waals surface area contributed by atoms with Gasteiger partial charge in [0, 0.05) is 5.56 Å². The number of hydrogen-bond donors (Lipinski definition) is 2. The van der Waals surface area contributed by atoms with Crippen LogP contribution in [-0.2, 0) is 14.8 Å². The molecular formula is C13H16N2O4S. The lowest BCUT2D eigenvalue weighted by molar-refractivity contribution is -0.137. The molecule has 1 aromatic carbocycles. The molecule has 2 rings (SSSR count). The van der Waals surface area contributed by atoms with Crippen molar-refractivity contribution in [3.8, 4) is 0 Å². The van der Waals surface area contributed by atoms with Crippen LogP contribution in [0.2, 0.25) is 0 Å². The fraction of sp³-hybridized carbons (Fsp3) is 0.385. The van der Waals surface area contributed by atoms with Crippen molar-refractivity contribution >= 4 is 21.8 Å². The molecular weight excluding hydrogens is 280 g/mol. The summed E-state index contributed by atoms with van der Waals surface area (Å²) in [6.07, 6.45) is -0.134. The molecule has 0 saturated carbocycles. The van der Waals surface area contributed by atoms with Gasteiger partial charge in [-0.3, -0.25) is 14.5 Å². The molecule has 6 nitrogen and oxygen atoms in total. The van der Waals surface area contributed by atoms with Gasteiger partial charge in [0.1, 0.15) is 5.84 Å². The molecule has 0 bridgehead atoms. The summed E-state index contributed by atoms with van der Waals surface area (Å²) < 4.78 is 26.2. The maximum atomic E-state index is 11.9. The van der Waals surface area contributed by atoms with Gasteiger partial charge in [0.05, 0.1) is 17.4 Å². The van der Waals surface area contributed by atoms with Gasteiger partial charge in [-0.15, -0.1) is 0 Å². The zero-order chi connectivity index (χ0) is 14.9. The summed E-state index contributed by atoms with van der Waals surface area (Å²) in [5, 5.41) is 8.90. The fourth-order valence-corrected chi connectivity index (χ4v) is 3.24. The van der Waals surface area contributed by atoms with Crippen LogP contribution in [0.25, 0.3) is 0 Å². The monoisotopic (exact) mass is 296 g/mol. The number of nitrogens with zero attached hydrogens (tertiary/aromatic N) is 1. The largest absolute Gasteiger partial charge is 0.481 e. The number of amidine groups is 1. The number of aliphatic carboxylic acids is 1. The van der Waals surface area contributed by atoms with Crippen molar-refractivity contribution in [2.45, 2.75) is 31.2 Å². The Morgan fingerprint density at radius 2 is 2.00 bits per heavy atom. The van der Waals surface area contributed by atoms with E-state index < -0.39 is 22.0 Å². The summed E-state index contributed by atoms with van der Waals surface area (Å²) >= 11 is 0. The standard InChI is InChI=1S/C13H16N2O4S/c1-8(2)10(7-12(16)17)14-13-9-5-3-4-6-11(9)20(18,19)15-13/h3-6,8,10H,7H2,1-2H3,(H,14,15)(H,16,17). The van der Waals surface area contributed by atoms with Crippen molar-refractivity contribution in [3.63, 3.8) is 0 Å². The number of carbonyl (C=O) groups is 1. The number of aliphatic imine (C=N–C) groups is 1. The third-order valence-electron chi connectivity index (χ3n) is 3.11. The Labute approximate surface area is 117 Å². The molecule has 0 aromatic heterocycles. The van der Waals surface area contributed by atoms with Gasteiger partial charge in [0.25, 0.3) is 10.0 Å². The highest BCUT2D eigenvalue weighted by Gasteiger charge is 2.31. The molecule has 0 amide bonds. The lowest BCUT2D eigenvalue weighted by Crippen LogP contribution is -2.26. The first-order valence-electron chi connectivity index (χ1n) is 6.23. The van der Waals surface area contributed by atoms with Crippen molar-refractivity contribution in [3.05, 3.63) is 29.8 Å². The molecule has 20 heavy (non-hydrogen) atoms. The van der Waals surface area contributed by atoms with E-state index in [1.807, 2.05) is 13.8 Å². The van der Waals surface area contributed by atoms with Crippen LogP contribution in [0.4, 0.5) is 0 Å². The number of carboxylic acid groups (broad SMARTS) is 1. The minimum atomic E-state index is -3.58. The third kappa shape index (κ3) is 2.82. The Balaban J connectivity index is 2.43. The molecule has 0 radical (unpaired) electrons. The molecule has 1 aromatic rings. The maximum Gasteiger partial charge on any atom is 0.305 e. The predicted molar refractivity (Wildman–Crippen MR) is 74.2 cm³/mol. The van der Waals surface area contributed by atoms with Gasteiger partial charge in [-0.05, 0) is 18.1 Å². The van der Waals surface area contributed by atoms with Gasteiger partial charge < -0.3 is 5.11 Å².